The molecule has 82 valence electrons. The van der Waals surface area contributed by atoms with Crippen LogP contribution in [0, 0.1) is 0 Å². The van der Waals surface area contributed by atoms with Crippen LogP contribution in [-0.4, -0.2) is 31.2 Å². The Morgan fingerprint density at radius 3 is 2.47 bits per heavy atom. The number of ether oxygens (including phenoxy) is 1. The summed E-state index contributed by atoms with van der Waals surface area (Å²) >= 11 is 0. The van der Waals surface area contributed by atoms with Gasteiger partial charge in [0.15, 0.2) is 0 Å². The summed E-state index contributed by atoms with van der Waals surface area (Å²) in [7, 11) is 0. The van der Waals surface area contributed by atoms with Gasteiger partial charge in [-0.3, -0.25) is 4.90 Å². The molecule has 1 aromatic carbocycles. The van der Waals surface area contributed by atoms with Gasteiger partial charge < -0.3 is 10.5 Å². The van der Waals surface area contributed by atoms with Crippen molar-refractivity contribution < 1.29 is 4.74 Å². The van der Waals surface area contributed by atoms with Crippen molar-refractivity contribution >= 4 is 0 Å². The van der Waals surface area contributed by atoms with E-state index in [-0.39, 0.29) is 0 Å². The average Bonchev–Trinajstić information content (AvgIpc) is 2.31. The molecule has 0 unspecified atom stereocenters. The second-order valence-corrected chi connectivity index (χ2v) is 3.86. The van der Waals surface area contributed by atoms with E-state index in [9.17, 15) is 0 Å². The molecule has 2 rings (SSSR count). The van der Waals surface area contributed by atoms with E-state index >= 15 is 0 Å². The highest BCUT2D eigenvalue weighted by atomic mass is 16.5. The molecular formula is C12H18N2O. The van der Waals surface area contributed by atoms with E-state index in [4.69, 9.17) is 10.5 Å². The fourth-order valence-corrected chi connectivity index (χ4v) is 1.91. The summed E-state index contributed by atoms with van der Waals surface area (Å²) in [5.74, 6) is 0. The van der Waals surface area contributed by atoms with Crippen molar-refractivity contribution in [3.05, 3.63) is 35.4 Å². The molecule has 1 aliphatic heterocycles. The number of morpholine rings is 1. The van der Waals surface area contributed by atoms with Crippen LogP contribution in [-0.2, 0) is 17.8 Å². The van der Waals surface area contributed by atoms with Gasteiger partial charge in [0.05, 0.1) is 13.2 Å². The van der Waals surface area contributed by atoms with E-state index in [1.54, 1.807) is 0 Å². The Balaban J connectivity index is 2.02. The van der Waals surface area contributed by atoms with Crippen LogP contribution in [0.4, 0.5) is 0 Å². The van der Waals surface area contributed by atoms with Gasteiger partial charge in [-0.1, -0.05) is 24.3 Å². The molecule has 1 fully saturated rings. The maximum atomic E-state index is 5.71. The predicted octanol–water partition coefficient (Wildman–Crippen LogP) is 0.978. The minimum absolute atomic E-state index is 0.626. The van der Waals surface area contributed by atoms with Gasteiger partial charge in [-0.05, 0) is 11.1 Å². The fraction of sp³-hybridized carbons (Fsp3) is 0.500. The molecule has 1 aromatic rings. The summed E-state index contributed by atoms with van der Waals surface area (Å²) in [6, 6.07) is 8.40. The minimum Gasteiger partial charge on any atom is -0.379 e. The topological polar surface area (TPSA) is 38.5 Å². The summed E-state index contributed by atoms with van der Waals surface area (Å²) < 4.78 is 5.33. The van der Waals surface area contributed by atoms with Crippen molar-refractivity contribution in [2.75, 3.05) is 26.3 Å². The van der Waals surface area contributed by atoms with E-state index in [2.05, 4.69) is 23.1 Å². The summed E-state index contributed by atoms with van der Waals surface area (Å²) in [4.78, 5) is 2.41. The molecule has 2 N–H and O–H groups in total. The molecular weight excluding hydrogens is 188 g/mol. The van der Waals surface area contributed by atoms with E-state index in [1.165, 1.54) is 11.1 Å². The first-order valence-corrected chi connectivity index (χ1v) is 5.47. The number of nitrogens with zero attached hydrogens (tertiary/aromatic N) is 1. The van der Waals surface area contributed by atoms with Crippen molar-refractivity contribution in [1.29, 1.82) is 0 Å². The predicted molar refractivity (Wildman–Crippen MR) is 60.4 cm³/mol. The Labute approximate surface area is 90.8 Å². The Kier molecular flexibility index (Phi) is 3.72. The lowest BCUT2D eigenvalue weighted by Gasteiger charge is -2.27. The molecule has 1 saturated heterocycles. The van der Waals surface area contributed by atoms with E-state index in [0.717, 1.165) is 32.8 Å². The number of hydrogen-bond donors (Lipinski definition) is 1. The molecule has 3 heteroatoms. The van der Waals surface area contributed by atoms with Crippen LogP contribution in [0.1, 0.15) is 11.1 Å². The largest absolute Gasteiger partial charge is 0.379 e. The normalized spacial score (nSPS) is 17.9. The van der Waals surface area contributed by atoms with Crippen molar-refractivity contribution in [2.24, 2.45) is 5.73 Å². The first-order valence-electron chi connectivity index (χ1n) is 5.47. The molecule has 1 aliphatic rings. The van der Waals surface area contributed by atoms with Crippen LogP contribution in [0.5, 0.6) is 0 Å². The van der Waals surface area contributed by atoms with E-state index in [1.807, 2.05) is 6.07 Å². The Hall–Kier alpha value is -0.900. The first-order chi connectivity index (χ1) is 7.40. The monoisotopic (exact) mass is 206 g/mol. The standard InChI is InChI=1S/C12H18N2O/c13-9-11-3-1-2-4-12(11)10-14-5-7-15-8-6-14/h1-4H,5-10,13H2. The maximum Gasteiger partial charge on any atom is 0.0594 e. The molecule has 1 heterocycles. The van der Waals surface area contributed by atoms with Crippen LogP contribution in [0.15, 0.2) is 24.3 Å². The highest BCUT2D eigenvalue weighted by Crippen LogP contribution is 2.12. The van der Waals surface area contributed by atoms with Crippen LogP contribution in [0.25, 0.3) is 0 Å². The lowest BCUT2D eigenvalue weighted by atomic mass is 10.1. The molecule has 0 atom stereocenters. The van der Waals surface area contributed by atoms with E-state index in [0.29, 0.717) is 6.54 Å². The third kappa shape index (κ3) is 2.78. The molecule has 3 nitrogen and oxygen atoms in total. The molecule has 0 saturated carbocycles. The number of benzene rings is 1. The lowest BCUT2D eigenvalue weighted by molar-refractivity contribution is 0.0341. The van der Waals surface area contributed by atoms with Crippen molar-refractivity contribution in [2.45, 2.75) is 13.1 Å². The zero-order valence-corrected chi connectivity index (χ0v) is 8.98. The summed E-state index contributed by atoms with van der Waals surface area (Å²) in [6.07, 6.45) is 0. The van der Waals surface area contributed by atoms with Gasteiger partial charge in [-0.25, -0.2) is 0 Å². The zero-order chi connectivity index (χ0) is 10.5. The van der Waals surface area contributed by atoms with Crippen molar-refractivity contribution in [3.8, 4) is 0 Å². The lowest BCUT2D eigenvalue weighted by Crippen LogP contribution is -2.35. The number of hydrogen-bond acceptors (Lipinski definition) is 3. The van der Waals surface area contributed by atoms with Crippen molar-refractivity contribution in [1.82, 2.24) is 4.90 Å². The smallest absolute Gasteiger partial charge is 0.0594 e. The third-order valence-electron chi connectivity index (χ3n) is 2.84. The molecule has 0 aliphatic carbocycles. The Morgan fingerprint density at radius 2 is 1.80 bits per heavy atom. The fourth-order valence-electron chi connectivity index (χ4n) is 1.91. The van der Waals surface area contributed by atoms with Gasteiger partial charge in [0.2, 0.25) is 0 Å². The van der Waals surface area contributed by atoms with Crippen LogP contribution in [0.3, 0.4) is 0 Å². The minimum atomic E-state index is 0.626. The molecule has 0 radical (unpaired) electrons. The quantitative estimate of drug-likeness (QED) is 0.801. The van der Waals surface area contributed by atoms with Gasteiger partial charge in [0.1, 0.15) is 0 Å². The molecule has 0 spiro atoms. The van der Waals surface area contributed by atoms with Crippen LogP contribution >= 0.6 is 0 Å². The maximum absolute atomic E-state index is 5.71. The molecule has 0 bridgehead atoms. The molecule has 0 amide bonds. The zero-order valence-electron chi connectivity index (χ0n) is 8.98. The van der Waals surface area contributed by atoms with Gasteiger partial charge in [-0.15, -0.1) is 0 Å². The average molecular weight is 206 g/mol. The van der Waals surface area contributed by atoms with Gasteiger partial charge in [-0.2, -0.15) is 0 Å². The Bertz CT molecular complexity index is 308. The van der Waals surface area contributed by atoms with Gasteiger partial charge >= 0.3 is 0 Å². The Morgan fingerprint density at radius 1 is 1.13 bits per heavy atom. The number of nitrogens with two attached hydrogens (primary N) is 1. The van der Waals surface area contributed by atoms with E-state index < -0.39 is 0 Å². The summed E-state index contributed by atoms with van der Waals surface area (Å²) in [6.45, 7) is 5.38. The highest BCUT2D eigenvalue weighted by molar-refractivity contribution is 5.26. The second kappa shape index (κ2) is 5.26. The SMILES string of the molecule is NCc1ccccc1CN1CCOCC1. The van der Waals surface area contributed by atoms with Crippen molar-refractivity contribution in [3.63, 3.8) is 0 Å². The summed E-state index contributed by atoms with van der Waals surface area (Å²) in [5.41, 5.74) is 8.32. The second-order valence-electron chi connectivity index (χ2n) is 3.86. The van der Waals surface area contributed by atoms with Gasteiger partial charge in [0, 0.05) is 26.2 Å². The molecule has 15 heavy (non-hydrogen) atoms. The van der Waals surface area contributed by atoms with Crippen LogP contribution < -0.4 is 5.73 Å². The summed E-state index contributed by atoms with van der Waals surface area (Å²) in [5, 5.41) is 0. The first kappa shape index (κ1) is 10.6. The van der Waals surface area contributed by atoms with Crippen LogP contribution in [0.2, 0.25) is 0 Å². The third-order valence-corrected chi connectivity index (χ3v) is 2.84. The highest BCUT2D eigenvalue weighted by Gasteiger charge is 2.11. The molecule has 0 aromatic heterocycles. The van der Waals surface area contributed by atoms with Gasteiger partial charge in [0.25, 0.3) is 0 Å². The number of rotatable bonds is 3.